The fourth-order valence-electron chi connectivity index (χ4n) is 2.90. The molecule has 0 aromatic heterocycles. The second kappa shape index (κ2) is 7.85. The summed E-state index contributed by atoms with van der Waals surface area (Å²) in [4.78, 5) is 37.1. The summed E-state index contributed by atoms with van der Waals surface area (Å²) in [5.41, 5.74) is -0.132. The van der Waals surface area contributed by atoms with Crippen LogP contribution >= 0.6 is 0 Å². The molecule has 0 N–H and O–H groups in total. The zero-order valence-corrected chi connectivity index (χ0v) is 15.8. The van der Waals surface area contributed by atoms with Crippen molar-refractivity contribution < 1.29 is 19.2 Å². The van der Waals surface area contributed by atoms with Gasteiger partial charge >= 0.3 is 5.97 Å². The molecule has 142 valence electrons. The summed E-state index contributed by atoms with van der Waals surface area (Å²) >= 11 is 0. The molecule has 1 aromatic rings. The molecule has 1 aliphatic rings. The molecular weight excluding hydrogens is 336 g/mol. The molecule has 7 nitrogen and oxygen atoms in total. The van der Waals surface area contributed by atoms with Gasteiger partial charge in [0.05, 0.1) is 10.5 Å². The maximum Gasteiger partial charge on any atom is 0.338 e. The molecule has 1 aliphatic heterocycles. The first-order valence-electron chi connectivity index (χ1n) is 8.83. The number of benzene rings is 1. The topological polar surface area (TPSA) is 89.8 Å². The Hall–Kier alpha value is -2.44. The highest BCUT2D eigenvalue weighted by molar-refractivity contribution is 5.94. The number of hydrogen-bond donors (Lipinski definition) is 0. The number of rotatable bonds is 5. The lowest BCUT2D eigenvalue weighted by molar-refractivity contribution is -0.384. The number of carbonyl (C=O) groups is 2. The van der Waals surface area contributed by atoms with Crippen LogP contribution in [0.25, 0.3) is 0 Å². The van der Waals surface area contributed by atoms with Gasteiger partial charge in [0.15, 0.2) is 12.4 Å². The molecule has 1 heterocycles. The van der Waals surface area contributed by atoms with Crippen LogP contribution in [0.1, 0.15) is 50.9 Å². The standard InChI is InChI=1S/C19H26N2O5/c1-13-6-5-9-20(11-13)15-8-7-14(10-16(15)21(24)25)18(23)26-12-17(22)19(2,3)4/h7-8,10,13H,5-6,9,11-12H2,1-4H3/t13-/m0/s1. The molecule has 0 amide bonds. The van der Waals surface area contributed by atoms with Crippen molar-refractivity contribution in [3.8, 4) is 0 Å². The molecule has 0 radical (unpaired) electrons. The van der Waals surface area contributed by atoms with Crippen LogP contribution in [-0.4, -0.2) is 36.4 Å². The van der Waals surface area contributed by atoms with Gasteiger partial charge in [-0.15, -0.1) is 0 Å². The number of piperidine rings is 1. The monoisotopic (exact) mass is 362 g/mol. The van der Waals surface area contributed by atoms with E-state index in [2.05, 4.69) is 6.92 Å². The highest BCUT2D eigenvalue weighted by Gasteiger charge is 2.26. The fourth-order valence-corrected chi connectivity index (χ4v) is 2.90. The predicted molar refractivity (Wildman–Crippen MR) is 98.5 cm³/mol. The van der Waals surface area contributed by atoms with Crippen molar-refractivity contribution in [1.29, 1.82) is 0 Å². The minimum atomic E-state index is -0.732. The van der Waals surface area contributed by atoms with Crippen LogP contribution in [-0.2, 0) is 9.53 Å². The third-order valence-electron chi connectivity index (χ3n) is 4.58. The van der Waals surface area contributed by atoms with Crippen molar-refractivity contribution in [2.45, 2.75) is 40.5 Å². The Bertz CT molecular complexity index is 708. The van der Waals surface area contributed by atoms with Crippen molar-refractivity contribution in [3.05, 3.63) is 33.9 Å². The van der Waals surface area contributed by atoms with E-state index in [1.165, 1.54) is 12.1 Å². The molecule has 2 rings (SSSR count). The van der Waals surface area contributed by atoms with Gasteiger partial charge in [0.2, 0.25) is 0 Å². The van der Waals surface area contributed by atoms with E-state index in [0.717, 1.165) is 25.9 Å². The average Bonchev–Trinajstić information content (AvgIpc) is 2.57. The summed E-state index contributed by atoms with van der Waals surface area (Å²) in [5.74, 6) is -0.472. The molecular formula is C19H26N2O5. The zero-order valence-electron chi connectivity index (χ0n) is 15.8. The quantitative estimate of drug-likeness (QED) is 0.452. The minimum absolute atomic E-state index is 0.0761. The first kappa shape index (κ1) is 19.9. The maximum absolute atomic E-state index is 12.2. The van der Waals surface area contributed by atoms with Crippen molar-refractivity contribution in [2.75, 3.05) is 24.6 Å². The van der Waals surface area contributed by atoms with Crippen molar-refractivity contribution in [1.82, 2.24) is 0 Å². The van der Waals surface area contributed by atoms with Gasteiger partial charge in [-0.05, 0) is 30.9 Å². The largest absolute Gasteiger partial charge is 0.454 e. The van der Waals surface area contributed by atoms with E-state index in [9.17, 15) is 19.7 Å². The number of Topliss-reactive ketones (excluding diaryl/α,β-unsaturated/α-hetero) is 1. The average molecular weight is 362 g/mol. The van der Waals surface area contributed by atoms with E-state index in [1.807, 2.05) is 4.90 Å². The van der Waals surface area contributed by atoms with Gasteiger partial charge in [-0.1, -0.05) is 27.7 Å². The highest BCUT2D eigenvalue weighted by Crippen LogP contribution is 2.32. The second-order valence-electron chi connectivity index (χ2n) is 7.90. The number of esters is 1. The number of nitro groups is 1. The number of ether oxygens (including phenoxy) is 1. The van der Waals surface area contributed by atoms with Crippen molar-refractivity contribution >= 4 is 23.1 Å². The Labute approximate surface area is 153 Å². The Morgan fingerprint density at radius 2 is 2.04 bits per heavy atom. The lowest BCUT2D eigenvalue weighted by atomic mass is 9.91. The van der Waals surface area contributed by atoms with Crippen LogP contribution in [0.5, 0.6) is 0 Å². The summed E-state index contributed by atoms with van der Waals surface area (Å²) in [5, 5.41) is 11.5. The van der Waals surface area contributed by atoms with Gasteiger partial charge in [-0.2, -0.15) is 0 Å². The fraction of sp³-hybridized carbons (Fsp3) is 0.579. The van der Waals surface area contributed by atoms with Crippen LogP contribution in [0.3, 0.4) is 0 Å². The summed E-state index contributed by atoms with van der Waals surface area (Å²) < 4.78 is 5.03. The number of ketones is 1. The predicted octanol–water partition coefficient (Wildman–Crippen LogP) is 3.60. The number of anilines is 1. The molecule has 1 atom stereocenters. The number of nitro benzene ring substituents is 1. The number of carbonyl (C=O) groups excluding carboxylic acids is 2. The smallest absolute Gasteiger partial charge is 0.338 e. The number of hydrogen-bond acceptors (Lipinski definition) is 6. The summed E-state index contributed by atoms with van der Waals surface area (Å²) in [6.45, 7) is 8.50. The summed E-state index contributed by atoms with van der Waals surface area (Å²) in [6, 6.07) is 4.35. The molecule has 26 heavy (non-hydrogen) atoms. The lowest BCUT2D eigenvalue weighted by Crippen LogP contribution is -2.34. The zero-order chi connectivity index (χ0) is 19.5. The van der Waals surface area contributed by atoms with Gasteiger partial charge in [0, 0.05) is 24.6 Å². The second-order valence-corrected chi connectivity index (χ2v) is 7.90. The lowest BCUT2D eigenvalue weighted by Gasteiger charge is -2.32. The Kier molecular flexibility index (Phi) is 6.00. The normalized spacial score (nSPS) is 17.7. The van der Waals surface area contributed by atoms with Gasteiger partial charge in [0.1, 0.15) is 5.69 Å². The SMILES string of the molecule is C[C@H]1CCCN(c2ccc(C(=O)OCC(=O)C(C)(C)C)cc2[N+](=O)[O-])C1. The molecule has 0 saturated carbocycles. The van der Waals surface area contributed by atoms with Crippen LogP contribution in [0.15, 0.2) is 18.2 Å². The number of nitrogens with zero attached hydrogens (tertiary/aromatic N) is 2. The minimum Gasteiger partial charge on any atom is -0.454 e. The first-order chi connectivity index (χ1) is 12.1. The third-order valence-corrected chi connectivity index (χ3v) is 4.58. The molecule has 0 bridgehead atoms. The molecule has 7 heteroatoms. The van der Waals surface area contributed by atoms with Crippen LogP contribution in [0.2, 0.25) is 0 Å². The van der Waals surface area contributed by atoms with E-state index < -0.39 is 16.3 Å². The first-order valence-corrected chi connectivity index (χ1v) is 8.83. The van der Waals surface area contributed by atoms with Gasteiger partial charge in [0.25, 0.3) is 5.69 Å². The van der Waals surface area contributed by atoms with Crippen LogP contribution in [0.4, 0.5) is 11.4 Å². The van der Waals surface area contributed by atoms with E-state index in [1.54, 1.807) is 26.8 Å². The van der Waals surface area contributed by atoms with Crippen molar-refractivity contribution in [3.63, 3.8) is 0 Å². The molecule has 1 saturated heterocycles. The molecule has 1 aromatic carbocycles. The molecule has 0 unspecified atom stereocenters. The van der Waals surface area contributed by atoms with E-state index in [-0.39, 0.29) is 23.6 Å². The molecule has 0 aliphatic carbocycles. The molecule has 0 spiro atoms. The van der Waals surface area contributed by atoms with E-state index in [0.29, 0.717) is 11.6 Å². The van der Waals surface area contributed by atoms with Crippen molar-refractivity contribution in [2.24, 2.45) is 11.3 Å². The Morgan fingerprint density at radius 1 is 1.35 bits per heavy atom. The van der Waals surface area contributed by atoms with E-state index >= 15 is 0 Å². The Morgan fingerprint density at radius 3 is 2.62 bits per heavy atom. The Balaban J connectivity index is 2.18. The summed E-state index contributed by atoms with van der Waals surface area (Å²) in [6.07, 6.45) is 2.09. The van der Waals surface area contributed by atoms with Gasteiger partial charge in [-0.3, -0.25) is 14.9 Å². The van der Waals surface area contributed by atoms with Gasteiger partial charge < -0.3 is 9.64 Å². The summed E-state index contributed by atoms with van der Waals surface area (Å²) in [7, 11) is 0. The maximum atomic E-state index is 12.2. The third kappa shape index (κ3) is 4.80. The molecule has 1 fully saturated rings. The van der Waals surface area contributed by atoms with Gasteiger partial charge in [-0.25, -0.2) is 4.79 Å². The van der Waals surface area contributed by atoms with Crippen LogP contribution in [0, 0.1) is 21.4 Å². The highest BCUT2D eigenvalue weighted by atomic mass is 16.6. The van der Waals surface area contributed by atoms with E-state index in [4.69, 9.17) is 4.74 Å². The van der Waals surface area contributed by atoms with Crippen LogP contribution < -0.4 is 4.90 Å².